The first kappa shape index (κ1) is 11.1. The molecule has 0 amide bonds. The fourth-order valence-corrected chi connectivity index (χ4v) is 2.79. The molecule has 0 aromatic carbocycles. The van der Waals surface area contributed by atoms with Crippen LogP contribution in [0.5, 0.6) is 0 Å². The van der Waals surface area contributed by atoms with Gasteiger partial charge in [0, 0.05) is 19.1 Å². The first-order chi connectivity index (χ1) is 7.18. The van der Waals surface area contributed by atoms with Crippen molar-refractivity contribution in [3.8, 4) is 0 Å². The molecule has 1 aliphatic heterocycles. The third kappa shape index (κ3) is 2.41. The number of nitrogens with zero attached hydrogens (tertiary/aromatic N) is 4. The third-order valence-electron chi connectivity index (χ3n) is 2.75. The van der Waals surface area contributed by atoms with E-state index in [1.54, 1.807) is 0 Å². The second-order valence-electron chi connectivity index (χ2n) is 4.04. The number of halogens is 1. The lowest BCUT2D eigenvalue weighted by Gasteiger charge is -2.27. The van der Waals surface area contributed by atoms with Crippen molar-refractivity contribution >= 4 is 29.1 Å². The van der Waals surface area contributed by atoms with Crippen molar-refractivity contribution in [1.82, 2.24) is 13.6 Å². The molecule has 1 atom stereocenters. The van der Waals surface area contributed by atoms with Crippen molar-refractivity contribution in [3.63, 3.8) is 0 Å². The number of rotatable bonds is 1. The number of aromatic nitrogens is 2. The highest BCUT2D eigenvalue weighted by Crippen LogP contribution is 2.26. The fraction of sp³-hybridized carbons (Fsp3) is 0.778. The van der Waals surface area contributed by atoms with Crippen LogP contribution in [0, 0.1) is 0 Å². The van der Waals surface area contributed by atoms with Crippen LogP contribution in [0.3, 0.4) is 0 Å². The minimum absolute atomic E-state index is 0.443. The highest BCUT2D eigenvalue weighted by atomic mass is 35.5. The molecule has 2 rings (SSSR count). The summed E-state index contributed by atoms with van der Waals surface area (Å²) in [5, 5.41) is 0.538. The molecule has 15 heavy (non-hydrogen) atoms. The molecule has 0 spiro atoms. The third-order valence-corrected chi connectivity index (χ3v) is 3.62. The van der Waals surface area contributed by atoms with Gasteiger partial charge in [0.05, 0.1) is 11.7 Å². The van der Waals surface area contributed by atoms with E-state index in [0.717, 1.165) is 31.9 Å². The summed E-state index contributed by atoms with van der Waals surface area (Å²) in [6.45, 7) is 5.40. The lowest BCUT2D eigenvalue weighted by Crippen LogP contribution is -2.38. The molecule has 6 heteroatoms. The second kappa shape index (κ2) is 4.63. The molecule has 1 aromatic heterocycles. The van der Waals surface area contributed by atoms with Gasteiger partial charge in [-0.25, -0.2) is 0 Å². The van der Waals surface area contributed by atoms with Crippen molar-refractivity contribution in [2.45, 2.75) is 19.4 Å². The number of hydrogen-bond donors (Lipinski definition) is 0. The van der Waals surface area contributed by atoms with Crippen LogP contribution in [0.4, 0.5) is 5.82 Å². The van der Waals surface area contributed by atoms with E-state index in [2.05, 4.69) is 32.5 Å². The van der Waals surface area contributed by atoms with Crippen molar-refractivity contribution in [1.29, 1.82) is 0 Å². The van der Waals surface area contributed by atoms with Gasteiger partial charge >= 0.3 is 0 Å². The van der Waals surface area contributed by atoms with Crippen LogP contribution in [0.25, 0.3) is 0 Å². The van der Waals surface area contributed by atoms with E-state index in [1.165, 1.54) is 11.7 Å². The monoisotopic (exact) mass is 246 g/mol. The maximum atomic E-state index is 6.01. The van der Waals surface area contributed by atoms with E-state index in [4.69, 9.17) is 11.6 Å². The summed E-state index contributed by atoms with van der Waals surface area (Å²) in [5.41, 5.74) is 0. The van der Waals surface area contributed by atoms with Gasteiger partial charge < -0.3 is 9.80 Å². The minimum atomic E-state index is 0.443. The average Bonchev–Trinajstić information content (AvgIpc) is 2.51. The number of likely N-dealkylation sites (N-methyl/N-ethyl adjacent to an activating group) is 1. The average molecular weight is 247 g/mol. The zero-order valence-corrected chi connectivity index (χ0v) is 10.6. The predicted octanol–water partition coefficient (Wildman–Crippen LogP) is 1.72. The SMILES string of the molecule is CC1CN(C)CCCN1c1nsnc1Cl. The molecule has 1 aromatic rings. The zero-order valence-electron chi connectivity index (χ0n) is 8.98. The van der Waals surface area contributed by atoms with E-state index >= 15 is 0 Å². The standard InChI is InChI=1S/C9H15ClN4S/c1-7-6-13(2)4-3-5-14(7)9-8(10)11-15-12-9/h7H,3-6H2,1-2H3. The smallest absolute Gasteiger partial charge is 0.187 e. The topological polar surface area (TPSA) is 32.3 Å². The van der Waals surface area contributed by atoms with Crippen LogP contribution in [0.1, 0.15) is 13.3 Å². The summed E-state index contributed by atoms with van der Waals surface area (Å²) in [6, 6.07) is 0.443. The van der Waals surface area contributed by atoms with Crippen LogP contribution in [0.15, 0.2) is 0 Å². The highest BCUT2D eigenvalue weighted by Gasteiger charge is 2.23. The van der Waals surface area contributed by atoms with Crippen LogP contribution in [-0.4, -0.2) is 46.4 Å². The lowest BCUT2D eigenvalue weighted by molar-refractivity contribution is 0.337. The number of hydrogen-bond acceptors (Lipinski definition) is 5. The fourth-order valence-electron chi connectivity index (χ4n) is 2.03. The molecular weight excluding hydrogens is 232 g/mol. The Morgan fingerprint density at radius 2 is 2.20 bits per heavy atom. The Hall–Kier alpha value is -0.390. The van der Waals surface area contributed by atoms with Gasteiger partial charge in [-0.3, -0.25) is 0 Å². The minimum Gasteiger partial charge on any atom is -0.349 e. The van der Waals surface area contributed by atoms with Gasteiger partial charge in [0.1, 0.15) is 0 Å². The summed E-state index contributed by atoms with van der Waals surface area (Å²) in [7, 11) is 2.15. The van der Waals surface area contributed by atoms with Crippen LogP contribution >= 0.6 is 23.3 Å². The summed E-state index contributed by atoms with van der Waals surface area (Å²) in [4.78, 5) is 4.60. The quantitative estimate of drug-likeness (QED) is 0.756. The predicted molar refractivity (Wildman–Crippen MR) is 63.8 cm³/mol. The second-order valence-corrected chi connectivity index (χ2v) is 4.92. The Morgan fingerprint density at radius 3 is 2.87 bits per heavy atom. The molecule has 1 saturated heterocycles. The van der Waals surface area contributed by atoms with Gasteiger partial charge in [-0.15, -0.1) is 0 Å². The molecule has 2 heterocycles. The van der Waals surface area contributed by atoms with Crippen molar-refractivity contribution in [3.05, 3.63) is 5.15 Å². The molecule has 1 aliphatic rings. The van der Waals surface area contributed by atoms with Gasteiger partial charge in [0.25, 0.3) is 0 Å². The highest BCUT2D eigenvalue weighted by molar-refractivity contribution is 6.99. The van der Waals surface area contributed by atoms with E-state index in [1.807, 2.05) is 0 Å². The summed E-state index contributed by atoms with van der Waals surface area (Å²) in [6.07, 6.45) is 1.15. The van der Waals surface area contributed by atoms with Crippen LogP contribution in [0.2, 0.25) is 5.15 Å². The van der Waals surface area contributed by atoms with Gasteiger partial charge in [-0.2, -0.15) is 8.75 Å². The van der Waals surface area contributed by atoms with Crippen molar-refractivity contribution in [2.24, 2.45) is 0 Å². The Morgan fingerprint density at radius 1 is 1.40 bits per heavy atom. The molecule has 84 valence electrons. The van der Waals surface area contributed by atoms with E-state index in [0.29, 0.717) is 11.2 Å². The first-order valence-corrected chi connectivity index (χ1v) is 6.22. The Kier molecular flexibility index (Phi) is 3.43. The molecule has 0 bridgehead atoms. The van der Waals surface area contributed by atoms with Crippen LogP contribution in [-0.2, 0) is 0 Å². The Balaban J connectivity index is 2.17. The normalized spacial score (nSPS) is 24.2. The molecule has 0 radical (unpaired) electrons. The van der Waals surface area contributed by atoms with Gasteiger partial charge in [-0.1, -0.05) is 11.6 Å². The summed E-state index contributed by atoms with van der Waals surface area (Å²) < 4.78 is 8.28. The maximum absolute atomic E-state index is 6.01. The lowest BCUT2D eigenvalue weighted by atomic mass is 10.3. The Labute approximate surface area is 99.2 Å². The molecule has 4 nitrogen and oxygen atoms in total. The molecule has 1 fully saturated rings. The molecule has 0 saturated carbocycles. The molecular formula is C9H15ClN4S. The van der Waals surface area contributed by atoms with Crippen molar-refractivity contribution < 1.29 is 0 Å². The molecule has 1 unspecified atom stereocenters. The first-order valence-electron chi connectivity index (χ1n) is 5.11. The van der Waals surface area contributed by atoms with E-state index in [-0.39, 0.29) is 0 Å². The largest absolute Gasteiger partial charge is 0.349 e. The van der Waals surface area contributed by atoms with Gasteiger partial charge in [-0.05, 0) is 26.9 Å². The zero-order chi connectivity index (χ0) is 10.8. The molecule has 0 aliphatic carbocycles. The van der Waals surface area contributed by atoms with Gasteiger partial charge in [0.15, 0.2) is 11.0 Å². The summed E-state index contributed by atoms with van der Waals surface area (Å²) in [5.74, 6) is 0.851. The van der Waals surface area contributed by atoms with E-state index in [9.17, 15) is 0 Å². The van der Waals surface area contributed by atoms with Crippen molar-refractivity contribution in [2.75, 3.05) is 31.6 Å². The van der Waals surface area contributed by atoms with Gasteiger partial charge in [0.2, 0.25) is 0 Å². The summed E-state index contributed by atoms with van der Waals surface area (Å²) >= 11 is 7.19. The molecule has 0 N–H and O–H groups in total. The maximum Gasteiger partial charge on any atom is 0.187 e. The number of anilines is 1. The Bertz CT molecular complexity index is 330. The van der Waals surface area contributed by atoms with Crippen LogP contribution < -0.4 is 4.90 Å². The van der Waals surface area contributed by atoms with E-state index < -0.39 is 0 Å².